The molecular weight excluding hydrogens is 258 g/mol. The number of nitro groups is 1. The third-order valence-corrected chi connectivity index (χ3v) is 2.80. The zero-order valence-electron chi connectivity index (χ0n) is 10.8. The van der Waals surface area contributed by atoms with Crippen molar-refractivity contribution in [2.24, 2.45) is 0 Å². The molecule has 0 aliphatic carbocycles. The first kappa shape index (κ1) is 14.0. The molecule has 2 aromatic carbocycles. The van der Waals surface area contributed by atoms with E-state index in [0.29, 0.717) is 12.2 Å². The van der Waals surface area contributed by atoms with Gasteiger partial charge in [0, 0.05) is 18.6 Å². The van der Waals surface area contributed by atoms with Crippen molar-refractivity contribution in [3.8, 4) is 5.75 Å². The smallest absolute Gasteiger partial charge is 0.269 e. The summed E-state index contributed by atoms with van der Waals surface area (Å²) >= 11 is 0. The molecule has 0 heterocycles. The summed E-state index contributed by atoms with van der Waals surface area (Å²) in [5.41, 5.74) is 1.05. The van der Waals surface area contributed by atoms with Crippen LogP contribution in [-0.4, -0.2) is 22.7 Å². The quantitative estimate of drug-likeness (QED) is 0.648. The topological polar surface area (TPSA) is 72.6 Å². The van der Waals surface area contributed by atoms with Gasteiger partial charge in [0.2, 0.25) is 0 Å². The fourth-order valence-electron chi connectivity index (χ4n) is 1.80. The van der Waals surface area contributed by atoms with E-state index in [4.69, 9.17) is 4.74 Å². The van der Waals surface area contributed by atoms with E-state index in [1.807, 2.05) is 30.3 Å². The number of rotatable bonds is 6. The van der Waals surface area contributed by atoms with E-state index in [-0.39, 0.29) is 12.3 Å². The van der Waals surface area contributed by atoms with Gasteiger partial charge in [-0.3, -0.25) is 10.1 Å². The van der Waals surface area contributed by atoms with Crippen molar-refractivity contribution in [1.29, 1.82) is 0 Å². The fraction of sp³-hybridized carbons (Fsp3) is 0.200. The average molecular weight is 273 g/mol. The molecule has 0 spiro atoms. The lowest BCUT2D eigenvalue weighted by molar-refractivity contribution is -0.384. The van der Waals surface area contributed by atoms with Crippen LogP contribution in [0.1, 0.15) is 5.56 Å². The largest absolute Gasteiger partial charge is 0.491 e. The van der Waals surface area contributed by atoms with E-state index in [1.165, 1.54) is 24.3 Å². The SMILES string of the molecule is O=[N+]([O-])c1ccc(OCC(O)Cc2ccccc2)cc1. The minimum Gasteiger partial charge on any atom is -0.491 e. The van der Waals surface area contributed by atoms with E-state index in [0.717, 1.165) is 5.56 Å². The molecule has 2 rings (SSSR count). The maximum atomic E-state index is 10.5. The minimum absolute atomic E-state index is 0.0159. The molecule has 5 heteroatoms. The number of aliphatic hydroxyl groups is 1. The molecule has 0 fully saturated rings. The first-order valence-corrected chi connectivity index (χ1v) is 6.24. The van der Waals surface area contributed by atoms with Crippen molar-refractivity contribution >= 4 is 5.69 Å². The van der Waals surface area contributed by atoms with Crippen molar-refractivity contribution in [3.63, 3.8) is 0 Å². The van der Waals surface area contributed by atoms with Gasteiger partial charge < -0.3 is 9.84 Å². The van der Waals surface area contributed by atoms with Gasteiger partial charge in [0.15, 0.2) is 0 Å². The van der Waals surface area contributed by atoms with Crippen LogP contribution in [0, 0.1) is 10.1 Å². The lowest BCUT2D eigenvalue weighted by atomic mass is 10.1. The van der Waals surface area contributed by atoms with E-state index in [1.54, 1.807) is 0 Å². The molecule has 0 saturated carbocycles. The number of ether oxygens (including phenoxy) is 1. The van der Waals surface area contributed by atoms with Crippen LogP contribution in [0.5, 0.6) is 5.75 Å². The Kier molecular flexibility index (Phi) is 4.68. The summed E-state index contributed by atoms with van der Waals surface area (Å²) in [4.78, 5) is 10.0. The number of nitrogens with zero attached hydrogens (tertiary/aromatic N) is 1. The number of hydrogen-bond acceptors (Lipinski definition) is 4. The molecule has 104 valence electrons. The summed E-state index contributed by atoms with van der Waals surface area (Å²) in [7, 11) is 0. The van der Waals surface area contributed by atoms with Gasteiger partial charge in [0.1, 0.15) is 12.4 Å². The van der Waals surface area contributed by atoms with Gasteiger partial charge in [-0.25, -0.2) is 0 Å². The van der Waals surface area contributed by atoms with Crippen LogP contribution in [0.2, 0.25) is 0 Å². The molecule has 0 aliphatic heterocycles. The second-order valence-electron chi connectivity index (χ2n) is 4.41. The molecule has 0 amide bonds. The van der Waals surface area contributed by atoms with Gasteiger partial charge in [0.25, 0.3) is 5.69 Å². The first-order valence-electron chi connectivity index (χ1n) is 6.24. The molecule has 5 nitrogen and oxygen atoms in total. The Morgan fingerprint density at radius 3 is 2.35 bits per heavy atom. The van der Waals surface area contributed by atoms with E-state index >= 15 is 0 Å². The van der Waals surface area contributed by atoms with E-state index < -0.39 is 11.0 Å². The van der Waals surface area contributed by atoms with Crippen molar-refractivity contribution in [2.75, 3.05) is 6.61 Å². The molecule has 0 bridgehead atoms. The van der Waals surface area contributed by atoms with Gasteiger partial charge in [0.05, 0.1) is 11.0 Å². The molecule has 20 heavy (non-hydrogen) atoms. The van der Waals surface area contributed by atoms with Crippen LogP contribution in [0.3, 0.4) is 0 Å². The van der Waals surface area contributed by atoms with Crippen molar-refractivity contribution < 1.29 is 14.8 Å². The predicted molar refractivity (Wildman–Crippen MR) is 74.7 cm³/mol. The summed E-state index contributed by atoms with van der Waals surface area (Å²) in [5, 5.41) is 20.4. The Hall–Kier alpha value is -2.40. The first-order chi connectivity index (χ1) is 9.65. The summed E-state index contributed by atoms with van der Waals surface area (Å²) in [6, 6.07) is 15.4. The minimum atomic E-state index is -0.618. The maximum Gasteiger partial charge on any atom is 0.269 e. The number of hydrogen-bond donors (Lipinski definition) is 1. The van der Waals surface area contributed by atoms with Crippen LogP contribution in [0.15, 0.2) is 54.6 Å². The Bertz CT molecular complexity index is 554. The number of nitro benzene ring substituents is 1. The van der Waals surface area contributed by atoms with Gasteiger partial charge in [-0.1, -0.05) is 30.3 Å². The molecule has 1 atom stereocenters. The zero-order chi connectivity index (χ0) is 14.4. The van der Waals surface area contributed by atoms with Crippen molar-refractivity contribution in [2.45, 2.75) is 12.5 Å². The molecule has 0 aromatic heterocycles. The zero-order valence-corrected chi connectivity index (χ0v) is 10.8. The van der Waals surface area contributed by atoms with Crippen LogP contribution in [-0.2, 0) is 6.42 Å². The Morgan fingerprint density at radius 2 is 1.75 bits per heavy atom. The third-order valence-electron chi connectivity index (χ3n) is 2.80. The summed E-state index contributed by atoms with van der Waals surface area (Å²) in [6.45, 7) is 0.146. The summed E-state index contributed by atoms with van der Waals surface area (Å²) < 4.78 is 5.40. The molecule has 1 N–H and O–H groups in total. The summed E-state index contributed by atoms with van der Waals surface area (Å²) in [5.74, 6) is 0.503. The number of non-ortho nitro benzene ring substituents is 1. The fourth-order valence-corrected chi connectivity index (χ4v) is 1.80. The Balaban J connectivity index is 1.84. The second kappa shape index (κ2) is 6.68. The second-order valence-corrected chi connectivity index (χ2v) is 4.41. The van der Waals surface area contributed by atoms with Crippen LogP contribution < -0.4 is 4.74 Å². The van der Waals surface area contributed by atoms with Crippen LogP contribution >= 0.6 is 0 Å². The molecular formula is C15H15NO4. The average Bonchev–Trinajstić information content (AvgIpc) is 2.46. The molecule has 0 radical (unpaired) electrons. The van der Waals surface area contributed by atoms with Gasteiger partial charge in [-0.2, -0.15) is 0 Å². The lowest BCUT2D eigenvalue weighted by Crippen LogP contribution is -2.20. The van der Waals surface area contributed by atoms with Gasteiger partial charge in [-0.15, -0.1) is 0 Å². The standard InChI is InChI=1S/C15H15NO4/c17-14(10-12-4-2-1-3-5-12)11-20-15-8-6-13(7-9-15)16(18)19/h1-9,14,17H,10-11H2. The van der Waals surface area contributed by atoms with Gasteiger partial charge >= 0.3 is 0 Å². The normalized spacial score (nSPS) is 11.8. The lowest BCUT2D eigenvalue weighted by Gasteiger charge is -2.12. The van der Waals surface area contributed by atoms with Crippen LogP contribution in [0.4, 0.5) is 5.69 Å². The van der Waals surface area contributed by atoms with Crippen LogP contribution in [0.25, 0.3) is 0 Å². The van der Waals surface area contributed by atoms with Gasteiger partial charge in [-0.05, 0) is 17.7 Å². The highest BCUT2D eigenvalue weighted by molar-refractivity contribution is 5.35. The molecule has 0 saturated heterocycles. The molecule has 1 unspecified atom stereocenters. The Morgan fingerprint density at radius 1 is 1.10 bits per heavy atom. The highest BCUT2D eigenvalue weighted by Crippen LogP contribution is 2.17. The molecule has 0 aliphatic rings. The molecule has 2 aromatic rings. The van der Waals surface area contributed by atoms with E-state index in [2.05, 4.69) is 0 Å². The summed E-state index contributed by atoms with van der Waals surface area (Å²) in [6.07, 6.45) is -0.110. The highest BCUT2D eigenvalue weighted by Gasteiger charge is 2.08. The maximum absolute atomic E-state index is 10.5. The Labute approximate surface area is 116 Å². The van der Waals surface area contributed by atoms with Crippen molar-refractivity contribution in [1.82, 2.24) is 0 Å². The third kappa shape index (κ3) is 4.07. The number of aliphatic hydroxyl groups excluding tert-OH is 1. The monoisotopic (exact) mass is 273 g/mol. The predicted octanol–water partition coefficient (Wildman–Crippen LogP) is 2.58. The number of benzene rings is 2. The van der Waals surface area contributed by atoms with E-state index in [9.17, 15) is 15.2 Å². The van der Waals surface area contributed by atoms with Crippen molar-refractivity contribution in [3.05, 3.63) is 70.3 Å². The highest BCUT2D eigenvalue weighted by atomic mass is 16.6.